The summed E-state index contributed by atoms with van der Waals surface area (Å²) < 4.78 is -0.427. The Balaban J connectivity index is 2.21. The molecule has 0 unspecified atom stereocenters. The lowest BCUT2D eigenvalue weighted by Gasteiger charge is -2.29. The first-order valence-corrected chi connectivity index (χ1v) is 7.85. The minimum atomic E-state index is -0.427. The average molecular weight is 348 g/mol. The van der Waals surface area contributed by atoms with Crippen molar-refractivity contribution in [3.05, 3.63) is 107 Å². The fourth-order valence-corrected chi connectivity index (χ4v) is 3.40. The van der Waals surface area contributed by atoms with Crippen LogP contribution in [0.4, 0.5) is 0 Å². The van der Waals surface area contributed by atoms with E-state index in [9.17, 15) is 0 Å². The topological polar surface area (TPSA) is 23.8 Å². The van der Waals surface area contributed by atoms with E-state index in [1.807, 2.05) is 60.7 Å². The van der Waals surface area contributed by atoms with E-state index in [0.29, 0.717) is 5.56 Å². The van der Waals surface area contributed by atoms with E-state index in [0.717, 1.165) is 16.7 Å². The molecule has 0 saturated heterocycles. The number of halogens is 1. The highest BCUT2D eigenvalue weighted by atomic mass is 79.9. The lowest BCUT2D eigenvalue weighted by Crippen LogP contribution is -2.21. The molecule has 0 N–H and O–H groups in total. The molecule has 0 spiro atoms. The standard InChI is InChI=1S/C20H14BrN/c21-20(17-7-3-1-4-8-17,18-9-5-2-6-10-18)19-13-11-16(15-22)12-14-19/h1-14H. The van der Waals surface area contributed by atoms with Crippen LogP contribution in [-0.2, 0) is 4.32 Å². The predicted molar refractivity (Wildman–Crippen MR) is 92.9 cm³/mol. The molecule has 0 amide bonds. The van der Waals surface area contributed by atoms with Crippen LogP contribution in [0.1, 0.15) is 22.3 Å². The second-order valence-electron chi connectivity index (χ2n) is 5.08. The molecule has 3 aromatic rings. The maximum Gasteiger partial charge on any atom is 0.100 e. The molecule has 0 aliphatic heterocycles. The Kier molecular flexibility index (Phi) is 4.09. The minimum Gasteiger partial charge on any atom is -0.192 e. The van der Waals surface area contributed by atoms with Gasteiger partial charge in [0.2, 0.25) is 0 Å². The van der Waals surface area contributed by atoms with Gasteiger partial charge in [-0.1, -0.05) is 88.7 Å². The van der Waals surface area contributed by atoms with Crippen molar-refractivity contribution in [2.75, 3.05) is 0 Å². The van der Waals surface area contributed by atoms with Crippen LogP contribution in [0.3, 0.4) is 0 Å². The van der Waals surface area contributed by atoms with Gasteiger partial charge < -0.3 is 0 Å². The van der Waals surface area contributed by atoms with Gasteiger partial charge in [-0.05, 0) is 28.8 Å². The third-order valence-electron chi connectivity index (χ3n) is 3.75. The highest BCUT2D eigenvalue weighted by Gasteiger charge is 2.33. The van der Waals surface area contributed by atoms with Crippen molar-refractivity contribution >= 4 is 15.9 Å². The van der Waals surface area contributed by atoms with E-state index in [2.05, 4.69) is 46.3 Å². The number of rotatable bonds is 3. The van der Waals surface area contributed by atoms with Crippen LogP contribution < -0.4 is 0 Å². The zero-order valence-corrected chi connectivity index (χ0v) is 13.5. The summed E-state index contributed by atoms with van der Waals surface area (Å²) in [6.07, 6.45) is 0. The predicted octanol–water partition coefficient (Wildman–Crippen LogP) is 5.25. The minimum absolute atomic E-state index is 0.427. The molecule has 0 heterocycles. The highest BCUT2D eigenvalue weighted by molar-refractivity contribution is 9.10. The molecule has 3 aromatic carbocycles. The maximum atomic E-state index is 9.00. The Labute approximate surface area is 139 Å². The number of benzene rings is 3. The van der Waals surface area contributed by atoms with E-state index in [4.69, 9.17) is 5.26 Å². The van der Waals surface area contributed by atoms with Crippen molar-refractivity contribution in [1.29, 1.82) is 5.26 Å². The maximum absolute atomic E-state index is 9.00. The molecule has 0 atom stereocenters. The highest BCUT2D eigenvalue weighted by Crippen LogP contribution is 2.44. The molecule has 1 nitrogen and oxygen atoms in total. The summed E-state index contributed by atoms with van der Waals surface area (Å²) in [5.41, 5.74) is 4.08. The Morgan fingerprint density at radius 3 is 1.45 bits per heavy atom. The molecule has 22 heavy (non-hydrogen) atoms. The van der Waals surface area contributed by atoms with Gasteiger partial charge in [0, 0.05) is 0 Å². The van der Waals surface area contributed by atoms with E-state index < -0.39 is 4.32 Å². The number of hydrogen-bond acceptors (Lipinski definition) is 1. The zero-order valence-electron chi connectivity index (χ0n) is 11.9. The normalized spacial score (nSPS) is 10.9. The van der Waals surface area contributed by atoms with Crippen LogP contribution in [0.5, 0.6) is 0 Å². The van der Waals surface area contributed by atoms with Gasteiger partial charge in [0.1, 0.15) is 4.32 Å². The van der Waals surface area contributed by atoms with Gasteiger partial charge in [0.25, 0.3) is 0 Å². The van der Waals surface area contributed by atoms with Crippen LogP contribution >= 0.6 is 15.9 Å². The second kappa shape index (κ2) is 6.17. The van der Waals surface area contributed by atoms with Crippen LogP contribution in [0.25, 0.3) is 0 Å². The van der Waals surface area contributed by atoms with Crippen molar-refractivity contribution in [3.63, 3.8) is 0 Å². The van der Waals surface area contributed by atoms with E-state index in [1.54, 1.807) is 0 Å². The fourth-order valence-electron chi connectivity index (χ4n) is 2.61. The zero-order chi connectivity index (χ0) is 15.4. The van der Waals surface area contributed by atoms with Gasteiger partial charge in [-0.2, -0.15) is 5.26 Å². The smallest absolute Gasteiger partial charge is 0.100 e. The largest absolute Gasteiger partial charge is 0.192 e. The lowest BCUT2D eigenvalue weighted by atomic mass is 9.84. The lowest BCUT2D eigenvalue weighted by molar-refractivity contribution is 0.916. The average Bonchev–Trinajstić information content (AvgIpc) is 2.62. The van der Waals surface area contributed by atoms with Crippen molar-refractivity contribution < 1.29 is 0 Å². The molecule has 2 heteroatoms. The van der Waals surface area contributed by atoms with E-state index >= 15 is 0 Å². The summed E-state index contributed by atoms with van der Waals surface area (Å²) in [6.45, 7) is 0. The second-order valence-corrected chi connectivity index (χ2v) is 6.27. The van der Waals surface area contributed by atoms with Gasteiger partial charge in [-0.25, -0.2) is 0 Å². The van der Waals surface area contributed by atoms with Gasteiger partial charge in [-0.3, -0.25) is 0 Å². The third-order valence-corrected chi connectivity index (χ3v) is 5.13. The van der Waals surface area contributed by atoms with Gasteiger partial charge in [0.05, 0.1) is 11.6 Å². The summed E-state index contributed by atoms with van der Waals surface area (Å²) in [5.74, 6) is 0. The molecule has 3 rings (SSSR count). The summed E-state index contributed by atoms with van der Waals surface area (Å²) >= 11 is 3.97. The monoisotopic (exact) mass is 347 g/mol. The Bertz CT molecular complexity index is 747. The van der Waals surface area contributed by atoms with Gasteiger partial charge in [-0.15, -0.1) is 0 Å². The molecule has 106 valence electrons. The van der Waals surface area contributed by atoms with Crippen LogP contribution in [-0.4, -0.2) is 0 Å². The summed E-state index contributed by atoms with van der Waals surface area (Å²) in [5, 5.41) is 9.00. The first-order valence-electron chi connectivity index (χ1n) is 7.06. The van der Waals surface area contributed by atoms with Crippen molar-refractivity contribution in [3.8, 4) is 6.07 Å². The molecule has 0 radical (unpaired) electrons. The van der Waals surface area contributed by atoms with Crippen molar-refractivity contribution in [2.45, 2.75) is 4.32 Å². The molecule has 0 fully saturated rings. The van der Waals surface area contributed by atoms with Crippen LogP contribution in [0.15, 0.2) is 84.9 Å². The van der Waals surface area contributed by atoms with E-state index in [1.165, 1.54) is 0 Å². The molecule has 0 aromatic heterocycles. The summed E-state index contributed by atoms with van der Waals surface area (Å²) in [7, 11) is 0. The van der Waals surface area contributed by atoms with Crippen molar-refractivity contribution in [2.24, 2.45) is 0 Å². The van der Waals surface area contributed by atoms with Crippen LogP contribution in [0, 0.1) is 11.3 Å². The van der Waals surface area contributed by atoms with Crippen molar-refractivity contribution in [1.82, 2.24) is 0 Å². The summed E-state index contributed by atoms with van der Waals surface area (Å²) in [6, 6.07) is 30.5. The molecular formula is C20H14BrN. The molecule has 0 bridgehead atoms. The Morgan fingerprint density at radius 2 is 1.05 bits per heavy atom. The number of nitriles is 1. The molecule has 0 aliphatic rings. The fraction of sp³-hybridized carbons (Fsp3) is 0.0500. The van der Waals surface area contributed by atoms with E-state index in [-0.39, 0.29) is 0 Å². The number of hydrogen-bond donors (Lipinski definition) is 0. The van der Waals surface area contributed by atoms with Gasteiger partial charge in [0.15, 0.2) is 0 Å². The third kappa shape index (κ3) is 2.56. The number of nitrogens with zero attached hydrogens (tertiary/aromatic N) is 1. The molecule has 0 aliphatic carbocycles. The summed E-state index contributed by atoms with van der Waals surface area (Å²) in [4.78, 5) is 0. The molecular weight excluding hydrogens is 334 g/mol. The molecule has 0 saturated carbocycles. The first kappa shape index (κ1) is 14.6. The van der Waals surface area contributed by atoms with Gasteiger partial charge >= 0.3 is 0 Å². The van der Waals surface area contributed by atoms with Crippen LogP contribution in [0.2, 0.25) is 0 Å². The number of alkyl halides is 1. The SMILES string of the molecule is N#Cc1ccc(C(Br)(c2ccccc2)c2ccccc2)cc1. The first-order chi connectivity index (χ1) is 10.7. The quantitative estimate of drug-likeness (QED) is 0.469. The Morgan fingerprint density at radius 1 is 0.636 bits per heavy atom. The Hall–Kier alpha value is -2.37.